The lowest BCUT2D eigenvalue weighted by Crippen LogP contribution is -2.02. The molecular weight excluding hydrogens is 180 g/mol. The Morgan fingerprint density at radius 3 is 2.36 bits per heavy atom. The molecule has 2 N–H and O–H groups in total. The van der Waals surface area contributed by atoms with E-state index in [2.05, 4.69) is 0 Å². The van der Waals surface area contributed by atoms with Gasteiger partial charge >= 0.3 is 5.97 Å². The van der Waals surface area contributed by atoms with Crippen molar-refractivity contribution in [2.45, 2.75) is 19.3 Å². The van der Waals surface area contributed by atoms with Crippen LogP contribution in [-0.2, 0) is 11.2 Å². The summed E-state index contributed by atoms with van der Waals surface area (Å²) in [6.45, 7) is 2.03. The summed E-state index contributed by atoms with van der Waals surface area (Å²) < 4.78 is 0. The van der Waals surface area contributed by atoms with Crippen LogP contribution in [0.2, 0.25) is 0 Å². The molecule has 0 radical (unpaired) electrons. The van der Waals surface area contributed by atoms with Crippen LogP contribution >= 0.6 is 0 Å². The Kier molecular flexibility index (Phi) is 3.65. The van der Waals surface area contributed by atoms with Gasteiger partial charge in [-0.1, -0.05) is 31.2 Å². The molecule has 0 aliphatic heterocycles. The Morgan fingerprint density at radius 1 is 1.36 bits per heavy atom. The number of carboxylic acids is 1. The summed E-state index contributed by atoms with van der Waals surface area (Å²) in [4.78, 5) is 10.4. The van der Waals surface area contributed by atoms with Crippen molar-refractivity contribution >= 4 is 5.97 Å². The number of hydrogen-bond donors (Lipinski definition) is 2. The van der Waals surface area contributed by atoms with Gasteiger partial charge in [-0.25, -0.2) is 0 Å². The summed E-state index contributed by atoms with van der Waals surface area (Å²) in [5.41, 5.74) is 1.81. The van der Waals surface area contributed by atoms with Crippen LogP contribution in [0.5, 0.6) is 0 Å². The third-order valence-corrected chi connectivity index (χ3v) is 2.18. The number of aliphatic carboxylic acids is 1. The average molecular weight is 194 g/mol. The number of hydrogen-bond acceptors (Lipinski definition) is 2. The second-order valence-electron chi connectivity index (χ2n) is 3.40. The van der Waals surface area contributed by atoms with Gasteiger partial charge in [0.15, 0.2) is 0 Å². The highest BCUT2D eigenvalue weighted by Crippen LogP contribution is 2.15. The number of carboxylic acid groups (broad SMARTS) is 1. The Labute approximate surface area is 83.0 Å². The number of aliphatic hydroxyl groups excluding tert-OH is 1. The number of carbonyl (C=O) groups is 1. The second kappa shape index (κ2) is 4.77. The summed E-state index contributed by atoms with van der Waals surface area (Å²) in [5.74, 6) is -0.721. The van der Waals surface area contributed by atoms with Gasteiger partial charge in [-0.05, 0) is 11.1 Å². The van der Waals surface area contributed by atoms with Crippen molar-refractivity contribution in [3.63, 3.8) is 0 Å². The zero-order valence-corrected chi connectivity index (χ0v) is 8.10. The summed E-state index contributed by atoms with van der Waals surface area (Å²) in [6, 6.07) is 7.30. The first-order valence-electron chi connectivity index (χ1n) is 4.55. The summed E-state index contributed by atoms with van der Waals surface area (Å²) in [5, 5.41) is 17.5. The van der Waals surface area contributed by atoms with Crippen LogP contribution in [0.15, 0.2) is 24.3 Å². The molecule has 0 aliphatic carbocycles. The first kappa shape index (κ1) is 10.7. The molecule has 0 saturated heterocycles. The van der Waals surface area contributed by atoms with Crippen molar-refractivity contribution in [2.24, 2.45) is 0 Å². The zero-order valence-electron chi connectivity index (χ0n) is 8.10. The van der Waals surface area contributed by atoms with Crippen molar-refractivity contribution in [1.29, 1.82) is 0 Å². The lowest BCUT2D eigenvalue weighted by atomic mass is 10.00. The molecule has 3 nitrogen and oxygen atoms in total. The summed E-state index contributed by atoms with van der Waals surface area (Å²) in [7, 11) is 0. The van der Waals surface area contributed by atoms with E-state index >= 15 is 0 Å². The molecule has 0 aliphatic rings. The number of aliphatic hydroxyl groups is 1. The van der Waals surface area contributed by atoms with Gasteiger partial charge in [-0.2, -0.15) is 0 Å². The van der Waals surface area contributed by atoms with E-state index in [1.807, 2.05) is 19.1 Å². The molecule has 76 valence electrons. The molecule has 0 heterocycles. The minimum atomic E-state index is -0.826. The molecule has 0 fully saturated rings. The molecule has 0 spiro atoms. The maximum Gasteiger partial charge on any atom is 0.307 e. The van der Waals surface area contributed by atoms with Gasteiger partial charge in [0.1, 0.15) is 0 Å². The predicted molar refractivity (Wildman–Crippen MR) is 53.3 cm³/mol. The van der Waals surface area contributed by atoms with Crippen LogP contribution in [-0.4, -0.2) is 22.8 Å². The maximum absolute atomic E-state index is 10.4. The van der Waals surface area contributed by atoms with Gasteiger partial charge in [0.25, 0.3) is 0 Å². The standard InChI is InChI=1S/C11H14O3/c1-8(7-12)10-4-2-9(3-5-10)6-11(13)14/h2-5,8,12H,6-7H2,1H3,(H,13,14). The third-order valence-electron chi connectivity index (χ3n) is 2.18. The molecule has 1 unspecified atom stereocenters. The van der Waals surface area contributed by atoms with E-state index in [-0.39, 0.29) is 18.9 Å². The van der Waals surface area contributed by atoms with E-state index in [0.717, 1.165) is 11.1 Å². The molecule has 3 heteroatoms. The third kappa shape index (κ3) is 2.85. The van der Waals surface area contributed by atoms with Crippen LogP contribution < -0.4 is 0 Å². The van der Waals surface area contributed by atoms with E-state index in [0.29, 0.717) is 0 Å². The molecule has 0 aromatic heterocycles. The van der Waals surface area contributed by atoms with Crippen LogP contribution in [0.25, 0.3) is 0 Å². The van der Waals surface area contributed by atoms with Crippen molar-refractivity contribution in [3.05, 3.63) is 35.4 Å². The van der Waals surface area contributed by atoms with Crippen molar-refractivity contribution in [3.8, 4) is 0 Å². The summed E-state index contributed by atoms with van der Waals surface area (Å²) in [6.07, 6.45) is 0.0494. The minimum Gasteiger partial charge on any atom is -0.481 e. The normalized spacial score (nSPS) is 12.4. The fourth-order valence-electron chi connectivity index (χ4n) is 1.24. The highest BCUT2D eigenvalue weighted by atomic mass is 16.4. The molecular formula is C11H14O3. The van der Waals surface area contributed by atoms with Gasteiger partial charge in [-0.15, -0.1) is 0 Å². The predicted octanol–water partition coefficient (Wildman–Crippen LogP) is 1.41. The molecule has 1 aromatic rings. The Morgan fingerprint density at radius 2 is 1.93 bits per heavy atom. The van der Waals surface area contributed by atoms with Gasteiger partial charge < -0.3 is 10.2 Å². The van der Waals surface area contributed by atoms with Crippen molar-refractivity contribution in [2.75, 3.05) is 6.61 Å². The fourth-order valence-corrected chi connectivity index (χ4v) is 1.24. The molecule has 1 rings (SSSR count). The Bertz CT molecular complexity index is 303. The Hall–Kier alpha value is -1.35. The van der Waals surface area contributed by atoms with E-state index in [1.165, 1.54) is 0 Å². The van der Waals surface area contributed by atoms with E-state index in [4.69, 9.17) is 10.2 Å². The quantitative estimate of drug-likeness (QED) is 0.761. The minimum absolute atomic E-state index is 0.0494. The topological polar surface area (TPSA) is 57.5 Å². The highest BCUT2D eigenvalue weighted by molar-refractivity contribution is 5.70. The lowest BCUT2D eigenvalue weighted by molar-refractivity contribution is -0.136. The maximum atomic E-state index is 10.4. The number of rotatable bonds is 4. The van der Waals surface area contributed by atoms with Gasteiger partial charge in [0, 0.05) is 12.5 Å². The molecule has 14 heavy (non-hydrogen) atoms. The van der Waals surface area contributed by atoms with Gasteiger partial charge in [0.2, 0.25) is 0 Å². The van der Waals surface area contributed by atoms with Gasteiger partial charge in [0.05, 0.1) is 6.42 Å². The van der Waals surface area contributed by atoms with Crippen molar-refractivity contribution < 1.29 is 15.0 Å². The smallest absolute Gasteiger partial charge is 0.307 e. The number of benzene rings is 1. The first-order valence-corrected chi connectivity index (χ1v) is 4.55. The van der Waals surface area contributed by atoms with Crippen molar-refractivity contribution in [1.82, 2.24) is 0 Å². The van der Waals surface area contributed by atoms with Crippen LogP contribution in [0.1, 0.15) is 24.0 Å². The van der Waals surface area contributed by atoms with E-state index < -0.39 is 5.97 Å². The molecule has 0 saturated carbocycles. The largest absolute Gasteiger partial charge is 0.481 e. The van der Waals surface area contributed by atoms with Crippen LogP contribution in [0.4, 0.5) is 0 Å². The van der Waals surface area contributed by atoms with Gasteiger partial charge in [-0.3, -0.25) is 4.79 Å². The highest BCUT2D eigenvalue weighted by Gasteiger charge is 2.04. The lowest BCUT2D eigenvalue weighted by Gasteiger charge is -2.08. The first-order chi connectivity index (χ1) is 6.63. The van der Waals surface area contributed by atoms with Crippen LogP contribution in [0, 0.1) is 0 Å². The second-order valence-corrected chi connectivity index (χ2v) is 3.40. The molecule has 0 bridgehead atoms. The fraction of sp³-hybridized carbons (Fsp3) is 0.364. The van der Waals surface area contributed by atoms with E-state index in [9.17, 15) is 4.79 Å². The summed E-state index contributed by atoms with van der Waals surface area (Å²) >= 11 is 0. The average Bonchev–Trinajstić information content (AvgIpc) is 2.17. The zero-order chi connectivity index (χ0) is 10.6. The van der Waals surface area contributed by atoms with Crippen LogP contribution in [0.3, 0.4) is 0 Å². The SMILES string of the molecule is CC(CO)c1ccc(CC(=O)O)cc1. The Balaban J connectivity index is 2.73. The monoisotopic (exact) mass is 194 g/mol. The molecule has 1 atom stereocenters. The van der Waals surface area contributed by atoms with E-state index in [1.54, 1.807) is 12.1 Å². The molecule has 1 aromatic carbocycles. The molecule has 0 amide bonds.